The number of hydrogen-bond donors (Lipinski definition) is 1. The van der Waals surface area contributed by atoms with Crippen LogP contribution < -0.4 is 0 Å². The lowest BCUT2D eigenvalue weighted by molar-refractivity contribution is -0.128. The van der Waals surface area contributed by atoms with E-state index in [1.807, 2.05) is 37.3 Å². The van der Waals surface area contributed by atoms with Crippen LogP contribution in [0.25, 0.3) is 0 Å². The van der Waals surface area contributed by atoms with Crippen molar-refractivity contribution in [2.75, 3.05) is 11.5 Å². The van der Waals surface area contributed by atoms with E-state index in [0.717, 1.165) is 17.1 Å². The summed E-state index contributed by atoms with van der Waals surface area (Å²) in [5.41, 5.74) is 0.843. The lowest BCUT2D eigenvalue weighted by atomic mass is 9.88. The Balaban J connectivity index is 2.15. The Morgan fingerprint density at radius 1 is 1.31 bits per heavy atom. The second-order valence-electron chi connectivity index (χ2n) is 4.30. The zero-order valence-corrected chi connectivity index (χ0v) is 10.1. The fraction of sp³-hybridized carbons (Fsp3) is 0.462. The van der Waals surface area contributed by atoms with Gasteiger partial charge in [0.05, 0.1) is 12.0 Å². The molecule has 1 saturated heterocycles. The molecular formula is C13H16O2S. The smallest absolute Gasteiger partial charge is 0.143 e. The van der Waals surface area contributed by atoms with Crippen molar-refractivity contribution in [3.8, 4) is 0 Å². The van der Waals surface area contributed by atoms with Crippen molar-refractivity contribution in [2.45, 2.75) is 13.0 Å². The highest BCUT2D eigenvalue weighted by molar-refractivity contribution is 7.99. The van der Waals surface area contributed by atoms with Crippen LogP contribution in [-0.2, 0) is 4.79 Å². The van der Waals surface area contributed by atoms with E-state index in [1.165, 1.54) is 0 Å². The molecule has 1 aromatic rings. The zero-order valence-electron chi connectivity index (χ0n) is 9.30. The van der Waals surface area contributed by atoms with Crippen molar-refractivity contribution in [3.63, 3.8) is 0 Å². The summed E-state index contributed by atoms with van der Waals surface area (Å²) < 4.78 is 0. The van der Waals surface area contributed by atoms with E-state index in [4.69, 9.17) is 0 Å². The third-order valence-electron chi connectivity index (χ3n) is 3.04. The number of ketones is 1. The maximum absolute atomic E-state index is 12.0. The molecule has 0 radical (unpaired) electrons. The van der Waals surface area contributed by atoms with Crippen molar-refractivity contribution in [2.24, 2.45) is 11.8 Å². The Morgan fingerprint density at radius 3 is 2.69 bits per heavy atom. The average molecular weight is 236 g/mol. The van der Waals surface area contributed by atoms with Crippen LogP contribution in [0.3, 0.4) is 0 Å². The van der Waals surface area contributed by atoms with E-state index in [-0.39, 0.29) is 17.6 Å². The fourth-order valence-corrected chi connectivity index (χ4v) is 3.29. The molecule has 0 aliphatic carbocycles. The quantitative estimate of drug-likeness (QED) is 0.856. The number of Topliss-reactive ketones (excluding diaryl/α,β-unsaturated/α-hetero) is 1. The number of hydrogen-bond acceptors (Lipinski definition) is 3. The topological polar surface area (TPSA) is 37.3 Å². The lowest BCUT2D eigenvalue weighted by Crippen LogP contribution is -2.34. The molecule has 2 nitrogen and oxygen atoms in total. The molecule has 0 unspecified atom stereocenters. The van der Waals surface area contributed by atoms with Crippen LogP contribution in [0.15, 0.2) is 30.3 Å². The van der Waals surface area contributed by atoms with Crippen molar-refractivity contribution in [1.29, 1.82) is 0 Å². The molecule has 1 aliphatic heterocycles. The predicted octanol–water partition coefficient (Wildman–Crippen LogP) is 2.29. The monoisotopic (exact) mass is 236 g/mol. The van der Waals surface area contributed by atoms with E-state index in [1.54, 1.807) is 11.8 Å². The van der Waals surface area contributed by atoms with Gasteiger partial charge in [-0.2, -0.15) is 11.8 Å². The van der Waals surface area contributed by atoms with Crippen LogP contribution in [-0.4, -0.2) is 22.4 Å². The number of benzene rings is 1. The summed E-state index contributed by atoms with van der Waals surface area (Å²) in [5.74, 6) is 1.66. The van der Waals surface area contributed by atoms with Crippen molar-refractivity contribution in [1.82, 2.24) is 0 Å². The van der Waals surface area contributed by atoms with Crippen LogP contribution in [0, 0.1) is 11.8 Å². The van der Waals surface area contributed by atoms with Gasteiger partial charge in [0.15, 0.2) is 0 Å². The van der Waals surface area contributed by atoms with Gasteiger partial charge in [-0.1, -0.05) is 37.3 Å². The summed E-state index contributed by atoms with van der Waals surface area (Å²) >= 11 is 1.76. The molecule has 1 aromatic carbocycles. The number of aliphatic hydroxyl groups excluding tert-OH is 1. The summed E-state index contributed by atoms with van der Waals surface area (Å²) in [6.07, 6.45) is -0.649. The predicted molar refractivity (Wildman–Crippen MR) is 66.4 cm³/mol. The molecule has 0 bridgehead atoms. The van der Waals surface area contributed by atoms with Crippen LogP contribution in [0.2, 0.25) is 0 Å². The van der Waals surface area contributed by atoms with Gasteiger partial charge in [0.2, 0.25) is 0 Å². The highest BCUT2D eigenvalue weighted by atomic mass is 32.2. The van der Waals surface area contributed by atoms with Crippen molar-refractivity contribution >= 4 is 17.5 Å². The van der Waals surface area contributed by atoms with Crippen LogP contribution in [0.5, 0.6) is 0 Å². The Bertz CT molecular complexity index is 363. The first-order chi connectivity index (χ1) is 7.70. The Morgan fingerprint density at radius 2 is 2.00 bits per heavy atom. The van der Waals surface area contributed by atoms with Gasteiger partial charge in [-0.3, -0.25) is 4.79 Å². The molecule has 3 heteroatoms. The molecule has 86 valence electrons. The van der Waals surface area contributed by atoms with Crippen LogP contribution >= 0.6 is 11.8 Å². The molecule has 1 fully saturated rings. The third kappa shape index (κ3) is 2.30. The molecule has 2 rings (SSSR count). The molecular weight excluding hydrogens is 220 g/mol. The number of rotatable bonds is 2. The van der Waals surface area contributed by atoms with Gasteiger partial charge in [-0.05, 0) is 5.56 Å². The lowest BCUT2D eigenvalue weighted by Gasteiger charge is -2.28. The summed E-state index contributed by atoms with van der Waals surface area (Å²) in [7, 11) is 0. The van der Waals surface area contributed by atoms with Gasteiger partial charge < -0.3 is 5.11 Å². The minimum Gasteiger partial charge on any atom is -0.388 e. The van der Waals surface area contributed by atoms with Crippen molar-refractivity contribution < 1.29 is 9.90 Å². The molecule has 1 aliphatic rings. The first kappa shape index (κ1) is 11.7. The zero-order chi connectivity index (χ0) is 11.5. The minimum atomic E-state index is -0.649. The summed E-state index contributed by atoms with van der Waals surface area (Å²) in [4.78, 5) is 12.0. The second-order valence-corrected chi connectivity index (χ2v) is 5.38. The number of carbonyl (C=O) groups is 1. The van der Waals surface area contributed by atoms with E-state index >= 15 is 0 Å². The van der Waals surface area contributed by atoms with Gasteiger partial charge in [-0.25, -0.2) is 0 Å². The summed E-state index contributed by atoms with van der Waals surface area (Å²) in [5, 5.41) is 10.2. The number of thioether (sulfide) groups is 1. The van der Waals surface area contributed by atoms with Gasteiger partial charge in [0.25, 0.3) is 0 Å². The Labute approximate surface area is 100 Å². The molecule has 0 spiro atoms. The van der Waals surface area contributed by atoms with Gasteiger partial charge in [0, 0.05) is 17.4 Å². The molecule has 3 atom stereocenters. The number of aliphatic hydroxyl groups is 1. The maximum atomic E-state index is 12.0. The average Bonchev–Trinajstić information content (AvgIpc) is 2.33. The molecule has 0 aromatic heterocycles. The van der Waals surface area contributed by atoms with Gasteiger partial charge >= 0.3 is 0 Å². The first-order valence-corrected chi connectivity index (χ1v) is 6.70. The van der Waals surface area contributed by atoms with E-state index in [2.05, 4.69) is 0 Å². The third-order valence-corrected chi connectivity index (χ3v) is 4.37. The summed E-state index contributed by atoms with van der Waals surface area (Å²) in [6.45, 7) is 1.94. The standard InChI is InChI=1S/C13H16O2S/c1-9-7-16-8-11(12(9)14)13(15)10-5-3-2-4-6-10/h2-6,9,11,13,15H,7-8H2,1H3/t9-,11+,13+/m1/s1. The minimum absolute atomic E-state index is 0.0714. The molecule has 1 N–H and O–H groups in total. The van der Waals surface area contributed by atoms with Gasteiger partial charge in [-0.15, -0.1) is 0 Å². The van der Waals surface area contributed by atoms with Gasteiger partial charge in [0.1, 0.15) is 5.78 Å². The Hall–Kier alpha value is -0.800. The van der Waals surface area contributed by atoms with Crippen LogP contribution in [0.1, 0.15) is 18.6 Å². The first-order valence-electron chi connectivity index (χ1n) is 5.54. The molecule has 1 heterocycles. The van der Waals surface area contributed by atoms with Crippen LogP contribution in [0.4, 0.5) is 0 Å². The van der Waals surface area contributed by atoms with Crippen molar-refractivity contribution in [3.05, 3.63) is 35.9 Å². The maximum Gasteiger partial charge on any atom is 0.143 e. The van der Waals surface area contributed by atoms with E-state index < -0.39 is 6.10 Å². The Kier molecular flexibility index (Phi) is 3.66. The molecule has 16 heavy (non-hydrogen) atoms. The molecule has 0 saturated carbocycles. The summed E-state index contributed by atoms with van der Waals surface area (Å²) in [6, 6.07) is 9.45. The van der Waals surface area contributed by atoms with E-state index in [9.17, 15) is 9.90 Å². The molecule has 0 amide bonds. The largest absolute Gasteiger partial charge is 0.388 e. The van der Waals surface area contributed by atoms with E-state index in [0.29, 0.717) is 0 Å². The second kappa shape index (κ2) is 5.02. The fourth-order valence-electron chi connectivity index (χ4n) is 2.03. The normalized spacial score (nSPS) is 27.8. The number of carbonyl (C=O) groups excluding carboxylic acids is 1. The SMILES string of the molecule is C[C@@H]1CSC[C@H]([C@@H](O)c2ccccc2)C1=O. The highest BCUT2D eigenvalue weighted by Crippen LogP contribution is 2.33. The highest BCUT2D eigenvalue weighted by Gasteiger charge is 2.34.